The summed E-state index contributed by atoms with van der Waals surface area (Å²) in [7, 11) is 1.64. The predicted molar refractivity (Wildman–Crippen MR) is 79.8 cm³/mol. The molecule has 0 aromatic carbocycles. The normalized spacial score (nSPS) is 23.5. The van der Waals surface area contributed by atoms with Gasteiger partial charge in [-0.05, 0) is 32.4 Å². The summed E-state index contributed by atoms with van der Waals surface area (Å²) in [6, 6.07) is -0.593. The molecule has 8 heteroatoms. The van der Waals surface area contributed by atoms with Gasteiger partial charge in [-0.3, -0.25) is 4.79 Å². The number of rotatable bonds is 3. The summed E-state index contributed by atoms with van der Waals surface area (Å²) in [5.41, 5.74) is -0.748. The number of hydrogen-bond acceptors (Lipinski definition) is 2. The first-order valence-corrected chi connectivity index (χ1v) is 6.93. The van der Waals surface area contributed by atoms with Crippen LogP contribution in [0.25, 0.3) is 0 Å². The number of alkyl halides is 3. The fraction of sp³-hybridized carbons (Fsp3) is 0.643. The van der Waals surface area contributed by atoms with Gasteiger partial charge >= 0.3 is 6.18 Å². The zero-order chi connectivity index (χ0) is 15.7. The third kappa shape index (κ3) is 4.16. The molecular formula is C14H21ClF3N3O. The van der Waals surface area contributed by atoms with Crippen molar-refractivity contribution in [3.8, 4) is 0 Å². The standard InChI is InChI=1S/C14H20F3N3O.ClH/c1-13(5-3-6-18-9-13)12(21)19-11(14(15,16)17)10-4-7-20(2)8-10;/h4,7-8,11,18H,3,5-6,9H2,1-2H3,(H,19,21);1H. The van der Waals surface area contributed by atoms with Gasteiger partial charge in [-0.2, -0.15) is 13.2 Å². The van der Waals surface area contributed by atoms with Crippen LogP contribution < -0.4 is 10.6 Å². The largest absolute Gasteiger partial charge is 0.412 e. The number of halogens is 4. The van der Waals surface area contributed by atoms with E-state index in [1.54, 1.807) is 14.0 Å². The molecule has 0 spiro atoms. The topological polar surface area (TPSA) is 46.1 Å². The summed E-state index contributed by atoms with van der Waals surface area (Å²) in [6.07, 6.45) is -0.239. The van der Waals surface area contributed by atoms with E-state index in [1.807, 2.05) is 0 Å². The molecule has 1 aromatic heterocycles. The van der Waals surface area contributed by atoms with Crippen molar-refractivity contribution in [2.45, 2.75) is 32.0 Å². The molecule has 22 heavy (non-hydrogen) atoms. The Bertz CT molecular complexity index is 510. The lowest BCUT2D eigenvalue weighted by Crippen LogP contribution is -2.51. The van der Waals surface area contributed by atoms with Gasteiger partial charge in [0.15, 0.2) is 6.04 Å². The summed E-state index contributed by atoms with van der Waals surface area (Å²) < 4.78 is 41.2. The number of aryl methyl sites for hydroxylation is 1. The SMILES string of the molecule is Cl.Cn1ccc(C(NC(=O)C2(C)CCCNC2)C(F)(F)F)c1. The van der Waals surface area contributed by atoms with E-state index in [0.717, 1.165) is 13.0 Å². The van der Waals surface area contributed by atoms with E-state index in [9.17, 15) is 18.0 Å². The van der Waals surface area contributed by atoms with Gasteiger partial charge in [0.25, 0.3) is 0 Å². The Kier molecular flexibility index (Phi) is 5.92. The minimum atomic E-state index is -4.52. The number of carbonyl (C=O) groups excluding carboxylic acids is 1. The van der Waals surface area contributed by atoms with E-state index < -0.39 is 23.5 Å². The van der Waals surface area contributed by atoms with Crippen LogP contribution in [0.15, 0.2) is 18.5 Å². The maximum atomic E-state index is 13.2. The molecule has 0 bridgehead atoms. The molecule has 1 aliphatic heterocycles. The average molecular weight is 340 g/mol. The minimum absolute atomic E-state index is 0. The first kappa shape index (κ1) is 18.8. The molecule has 2 rings (SSSR count). The quantitative estimate of drug-likeness (QED) is 0.889. The maximum absolute atomic E-state index is 13.2. The highest BCUT2D eigenvalue weighted by molar-refractivity contribution is 5.85. The second kappa shape index (κ2) is 6.91. The number of carbonyl (C=O) groups is 1. The molecular weight excluding hydrogens is 319 g/mol. The number of aromatic nitrogens is 1. The van der Waals surface area contributed by atoms with Gasteiger partial charge in [-0.15, -0.1) is 12.4 Å². The van der Waals surface area contributed by atoms with Crippen LogP contribution in [0.1, 0.15) is 31.4 Å². The Morgan fingerprint density at radius 1 is 1.50 bits per heavy atom. The van der Waals surface area contributed by atoms with Gasteiger partial charge in [0.1, 0.15) is 0 Å². The monoisotopic (exact) mass is 339 g/mol. The first-order chi connectivity index (χ1) is 9.72. The van der Waals surface area contributed by atoms with E-state index in [4.69, 9.17) is 0 Å². The molecule has 1 aliphatic rings. The molecule has 2 heterocycles. The highest BCUT2D eigenvalue weighted by Crippen LogP contribution is 2.35. The van der Waals surface area contributed by atoms with Crippen molar-refractivity contribution in [2.24, 2.45) is 12.5 Å². The molecule has 126 valence electrons. The van der Waals surface area contributed by atoms with Crippen LogP contribution in [0.4, 0.5) is 13.2 Å². The van der Waals surface area contributed by atoms with Crippen molar-refractivity contribution in [3.05, 3.63) is 24.0 Å². The number of nitrogens with one attached hydrogen (secondary N) is 2. The number of amides is 1. The van der Waals surface area contributed by atoms with Crippen LogP contribution in [0.2, 0.25) is 0 Å². The molecule has 2 atom stereocenters. The lowest BCUT2D eigenvalue weighted by molar-refractivity contribution is -0.166. The molecule has 4 nitrogen and oxygen atoms in total. The van der Waals surface area contributed by atoms with Crippen LogP contribution in [0.3, 0.4) is 0 Å². The van der Waals surface area contributed by atoms with E-state index in [-0.39, 0.29) is 18.0 Å². The predicted octanol–water partition coefficient (Wildman–Crippen LogP) is 2.56. The fourth-order valence-electron chi connectivity index (χ4n) is 2.61. The van der Waals surface area contributed by atoms with E-state index in [2.05, 4.69) is 10.6 Å². The van der Waals surface area contributed by atoms with Crippen molar-refractivity contribution in [2.75, 3.05) is 13.1 Å². The number of hydrogen-bond donors (Lipinski definition) is 2. The Morgan fingerprint density at radius 2 is 2.18 bits per heavy atom. The second-order valence-corrected chi connectivity index (χ2v) is 5.90. The van der Waals surface area contributed by atoms with Crippen molar-refractivity contribution < 1.29 is 18.0 Å². The fourth-order valence-corrected chi connectivity index (χ4v) is 2.61. The van der Waals surface area contributed by atoms with Gasteiger partial charge in [0.05, 0.1) is 5.41 Å². The Labute approximate surface area is 133 Å². The van der Waals surface area contributed by atoms with E-state index in [0.29, 0.717) is 13.0 Å². The van der Waals surface area contributed by atoms with Gasteiger partial charge in [-0.1, -0.05) is 0 Å². The van der Waals surface area contributed by atoms with Crippen molar-refractivity contribution in [1.29, 1.82) is 0 Å². The summed E-state index contributed by atoms with van der Waals surface area (Å²) in [4.78, 5) is 12.3. The first-order valence-electron chi connectivity index (χ1n) is 6.93. The average Bonchev–Trinajstić information content (AvgIpc) is 2.81. The van der Waals surface area contributed by atoms with Crippen molar-refractivity contribution in [1.82, 2.24) is 15.2 Å². The molecule has 0 aliphatic carbocycles. The smallest absolute Gasteiger partial charge is 0.357 e. The van der Waals surface area contributed by atoms with Crippen LogP contribution in [-0.2, 0) is 11.8 Å². The zero-order valence-corrected chi connectivity index (χ0v) is 13.4. The lowest BCUT2D eigenvalue weighted by atomic mass is 9.81. The van der Waals surface area contributed by atoms with Crippen molar-refractivity contribution >= 4 is 18.3 Å². The molecule has 2 N–H and O–H groups in total. The molecule has 0 radical (unpaired) electrons. The van der Waals surface area contributed by atoms with Crippen LogP contribution in [0.5, 0.6) is 0 Å². The van der Waals surface area contributed by atoms with E-state index >= 15 is 0 Å². The Balaban J connectivity index is 0.00000242. The van der Waals surface area contributed by atoms with Crippen LogP contribution >= 0.6 is 12.4 Å². The highest BCUT2D eigenvalue weighted by Gasteiger charge is 2.45. The second-order valence-electron chi connectivity index (χ2n) is 5.90. The summed E-state index contributed by atoms with van der Waals surface area (Å²) in [5.74, 6) is -0.555. The molecule has 1 fully saturated rings. The van der Waals surface area contributed by atoms with E-state index in [1.165, 1.54) is 23.0 Å². The molecule has 0 saturated carbocycles. The van der Waals surface area contributed by atoms with Gasteiger partial charge in [-0.25, -0.2) is 0 Å². The van der Waals surface area contributed by atoms with Crippen LogP contribution in [-0.4, -0.2) is 29.7 Å². The van der Waals surface area contributed by atoms with Crippen LogP contribution in [0, 0.1) is 5.41 Å². The Morgan fingerprint density at radius 3 is 2.64 bits per heavy atom. The Hall–Kier alpha value is -1.21. The summed E-state index contributed by atoms with van der Waals surface area (Å²) >= 11 is 0. The summed E-state index contributed by atoms with van der Waals surface area (Å²) in [6.45, 7) is 2.90. The van der Waals surface area contributed by atoms with Crippen molar-refractivity contribution in [3.63, 3.8) is 0 Å². The molecule has 2 unspecified atom stereocenters. The lowest BCUT2D eigenvalue weighted by Gasteiger charge is -2.34. The summed E-state index contributed by atoms with van der Waals surface area (Å²) in [5, 5.41) is 5.25. The minimum Gasteiger partial charge on any atom is -0.357 e. The third-order valence-electron chi connectivity index (χ3n) is 3.94. The highest BCUT2D eigenvalue weighted by atomic mass is 35.5. The van der Waals surface area contributed by atoms with Gasteiger partial charge < -0.3 is 15.2 Å². The van der Waals surface area contributed by atoms with Gasteiger partial charge in [0.2, 0.25) is 5.91 Å². The van der Waals surface area contributed by atoms with Gasteiger partial charge in [0, 0.05) is 31.5 Å². The maximum Gasteiger partial charge on any atom is 0.412 e. The molecule has 1 aromatic rings. The number of nitrogens with zero attached hydrogens (tertiary/aromatic N) is 1. The molecule has 1 saturated heterocycles. The third-order valence-corrected chi connectivity index (χ3v) is 3.94. The zero-order valence-electron chi connectivity index (χ0n) is 12.5. The molecule has 1 amide bonds. The number of piperidine rings is 1.